The fraction of sp³-hybridized carbons (Fsp3) is 0.667. The summed E-state index contributed by atoms with van der Waals surface area (Å²) in [6, 6.07) is 0. The van der Waals surface area contributed by atoms with Crippen LogP contribution in [0, 0.1) is 0 Å². The van der Waals surface area contributed by atoms with Gasteiger partial charge >= 0.3 is 7.48 Å². The van der Waals surface area contributed by atoms with Crippen LogP contribution >= 0.6 is 22.6 Å². The Hall–Kier alpha value is 0.495. The second-order valence-corrected chi connectivity index (χ2v) is 3.11. The third kappa shape index (κ3) is 6.38. The number of unbranched alkanes of at least 4 members (excludes halogenated alkanes) is 2. The van der Waals surface area contributed by atoms with Gasteiger partial charge in [0.2, 0.25) is 0 Å². The molecule has 0 aliphatic carbocycles. The summed E-state index contributed by atoms with van der Waals surface area (Å²) < 4.78 is 0.932. The number of rotatable bonds is 4. The van der Waals surface area contributed by atoms with Crippen molar-refractivity contribution in [3.63, 3.8) is 0 Å². The minimum Gasteiger partial charge on any atom is -0.449 e. The zero-order chi connectivity index (χ0) is 7.11. The van der Waals surface area contributed by atoms with Crippen molar-refractivity contribution in [1.29, 1.82) is 0 Å². The van der Waals surface area contributed by atoms with E-state index in [1.54, 1.807) is 0 Å². The molecule has 0 bridgehead atoms. The van der Waals surface area contributed by atoms with Gasteiger partial charge in [-0.1, -0.05) is 48.4 Å². The minimum absolute atomic E-state index is 0.932. The predicted octanol–water partition coefficient (Wildman–Crippen LogP) is 2.06. The maximum Gasteiger partial charge on any atom is 0.333 e. The van der Waals surface area contributed by atoms with Crippen LogP contribution in [0.2, 0.25) is 0 Å². The van der Waals surface area contributed by atoms with Crippen molar-refractivity contribution in [2.75, 3.05) is 0 Å². The summed E-state index contributed by atoms with van der Waals surface area (Å²) >= 11 is 2.10. The number of halogens is 1. The zero-order valence-corrected chi connectivity index (χ0v) is 7.76. The molecule has 0 fully saturated rings. The highest BCUT2D eigenvalue weighted by atomic mass is 127. The Kier molecular flexibility index (Phi) is 6.98. The Morgan fingerprint density at radius 2 is 2.44 bits per heavy atom. The Morgan fingerprint density at radius 3 is 2.89 bits per heavy atom. The van der Waals surface area contributed by atoms with Gasteiger partial charge in [-0.15, -0.1) is 0 Å². The first kappa shape index (κ1) is 9.49. The molecule has 0 rings (SSSR count). The fourth-order valence-corrected chi connectivity index (χ4v) is 0.808. The molecule has 0 aliphatic heterocycles. The van der Waals surface area contributed by atoms with E-state index >= 15 is 0 Å². The molecule has 0 heterocycles. The van der Waals surface area contributed by atoms with Crippen molar-refractivity contribution in [3.05, 3.63) is 9.56 Å². The largest absolute Gasteiger partial charge is 0.449 e. The maximum absolute atomic E-state index is 8.43. The molecular formula is C6H11BIO. The van der Waals surface area contributed by atoms with E-state index in [4.69, 9.17) is 5.02 Å². The number of allylic oxidation sites excluding steroid dienone is 1. The average molecular weight is 237 g/mol. The van der Waals surface area contributed by atoms with Crippen LogP contribution in [0.1, 0.15) is 26.2 Å². The normalized spacial score (nSPS) is 11.7. The Balaban J connectivity index is 3.21. The first-order valence-corrected chi connectivity index (χ1v) is 4.22. The van der Waals surface area contributed by atoms with Gasteiger partial charge in [-0.3, -0.25) is 0 Å². The molecule has 0 amide bonds. The Labute approximate surface area is 71.0 Å². The van der Waals surface area contributed by atoms with Gasteiger partial charge in [0.15, 0.2) is 0 Å². The molecule has 0 spiro atoms. The molecule has 0 aromatic heterocycles. The topological polar surface area (TPSA) is 20.2 Å². The molecule has 1 N–H and O–H groups in total. The van der Waals surface area contributed by atoms with Gasteiger partial charge in [0.1, 0.15) is 0 Å². The molecule has 3 heteroatoms. The van der Waals surface area contributed by atoms with E-state index in [1.165, 1.54) is 12.8 Å². The summed E-state index contributed by atoms with van der Waals surface area (Å²) in [5.41, 5.74) is 0. The highest BCUT2D eigenvalue weighted by molar-refractivity contribution is 14.1. The van der Waals surface area contributed by atoms with E-state index in [-0.39, 0.29) is 0 Å². The lowest BCUT2D eigenvalue weighted by Crippen LogP contribution is -1.85. The monoisotopic (exact) mass is 237 g/mol. The van der Waals surface area contributed by atoms with Gasteiger partial charge in [0.05, 0.1) is 0 Å². The van der Waals surface area contributed by atoms with Crippen molar-refractivity contribution >= 4 is 30.1 Å². The van der Waals surface area contributed by atoms with Crippen molar-refractivity contribution < 1.29 is 5.02 Å². The summed E-state index contributed by atoms with van der Waals surface area (Å²) in [4.78, 5) is 0. The van der Waals surface area contributed by atoms with Gasteiger partial charge in [0.25, 0.3) is 0 Å². The van der Waals surface area contributed by atoms with Crippen molar-refractivity contribution in [1.82, 2.24) is 0 Å². The quantitative estimate of drug-likeness (QED) is 0.450. The average Bonchev–Trinajstić information content (AvgIpc) is 1.89. The van der Waals surface area contributed by atoms with Gasteiger partial charge in [-0.2, -0.15) is 0 Å². The molecule has 9 heavy (non-hydrogen) atoms. The smallest absolute Gasteiger partial charge is 0.333 e. The Morgan fingerprint density at radius 1 is 1.78 bits per heavy atom. The molecule has 0 aliphatic rings. The predicted molar refractivity (Wildman–Crippen MR) is 49.6 cm³/mol. The SMILES string of the molecule is CCCC/C=C(\I)[B]O. The van der Waals surface area contributed by atoms with Crippen LogP contribution < -0.4 is 0 Å². The molecule has 0 unspecified atom stereocenters. The first-order chi connectivity index (χ1) is 4.31. The second kappa shape index (κ2) is 6.61. The highest BCUT2D eigenvalue weighted by Gasteiger charge is 1.88. The molecule has 0 aromatic rings. The summed E-state index contributed by atoms with van der Waals surface area (Å²) in [6.07, 6.45) is 5.53. The van der Waals surface area contributed by atoms with Crippen LogP contribution in [0.3, 0.4) is 0 Å². The van der Waals surface area contributed by atoms with Gasteiger partial charge in [0, 0.05) is 0 Å². The molecular weight excluding hydrogens is 226 g/mol. The van der Waals surface area contributed by atoms with Crippen LogP contribution in [0.5, 0.6) is 0 Å². The minimum atomic E-state index is 0.932. The summed E-state index contributed by atoms with van der Waals surface area (Å²) in [6.45, 7) is 2.16. The lowest BCUT2D eigenvalue weighted by atomic mass is 10.0. The van der Waals surface area contributed by atoms with Crippen LogP contribution in [0.25, 0.3) is 0 Å². The van der Waals surface area contributed by atoms with E-state index in [9.17, 15) is 0 Å². The summed E-state index contributed by atoms with van der Waals surface area (Å²) in [5, 5.41) is 8.43. The summed E-state index contributed by atoms with van der Waals surface area (Å²) in [5.74, 6) is 0. The number of hydrogen-bond acceptors (Lipinski definition) is 1. The van der Waals surface area contributed by atoms with E-state index < -0.39 is 0 Å². The molecule has 0 saturated heterocycles. The van der Waals surface area contributed by atoms with Crippen LogP contribution in [0.4, 0.5) is 0 Å². The van der Waals surface area contributed by atoms with Gasteiger partial charge in [-0.25, -0.2) is 0 Å². The fourth-order valence-electron chi connectivity index (χ4n) is 0.497. The van der Waals surface area contributed by atoms with Crippen molar-refractivity contribution in [3.8, 4) is 0 Å². The highest BCUT2D eigenvalue weighted by Crippen LogP contribution is 2.05. The van der Waals surface area contributed by atoms with E-state index in [0.29, 0.717) is 0 Å². The third-order valence-electron chi connectivity index (χ3n) is 1.02. The molecule has 0 atom stereocenters. The summed E-state index contributed by atoms with van der Waals surface area (Å²) in [7, 11) is 1.14. The van der Waals surface area contributed by atoms with E-state index in [0.717, 1.165) is 17.4 Å². The Bertz CT molecular complexity index is 93.1. The lowest BCUT2D eigenvalue weighted by molar-refractivity contribution is 0.613. The zero-order valence-electron chi connectivity index (χ0n) is 5.60. The van der Waals surface area contributed by atoms with Crippen LogP contribution in [-0.2, 0) is 0 Å². The standard InChI is InChI=1S/C6H11BIO/c1-2-3-4-5-6(8)7-9/h5,9H,2-4H2,1H3/b6-5-. The van der Waals surface area contributed by atoms with Crippen LogP contribution in [0.15, 0.2) is 9.56 Å². The second-order valence-electron chi connectivity index (χ2n) is 1.86. The van der Waals surface area contributed by atoms with Gasteiger partial charge in [-0.05, 0) is 9.90 Å². The molecule has 0 saturated carbocycles. The van der Waals surface area contributed by atoms with Crippen molar-refractivity contribution in [2.45, 2.75) is 26.2 Å². The lowest BCUT2D eigenvalue weighted by Gasteiger charge is -1.89. The molecule has 1 radical (unpaired) electrons. The van der Waals surface area contributed by atoms with Crippen LogP contribution in [-0.4, -0.2) is 12.5 Å². The molecule has 1 nitrogen and oxygen atoms in total. The third-order valence-corrected chi connectivity index (χ3v) is 1.74. The number of hydrogen-bond donors (Lipinski definition) is 1. The van der Waals surface area contributed by atoms with E-state index in [2.05, 4.69) is 29.5 Å². The van der Waals surface area contributed by atoms with E-state index in [1.807, 2.05) is 6.08 Å². The van der Waals surface area contributed by atoms with Gasteiger partial charge < -0.3 is 5.02 Å². The first-order valence-electron chi connectivity index (χ1n) is 3.14. The molecule has 51 valence electrons. The maximum atomic E-state index is 8.43. The molecule has 0 aromatic carbocycles. The van der Waals surface area contributed by atoms with Crippen molar-refractivity contribution in [2.24, 2.45) is 0 Å².